The second-order valence-corrected chi connectivity index (χ2v) is 9.98. The van der Waals surface area contributed by atoms with E-state index in [1.165, 1.54) is 12.7 Å². The number of piperidine rings is 2. The van der Waals surface area contributed by atoms with Gasteiger partial charge in [0.25, 0.3) is 0 Å². The Morgan fingerprint density at radius 1 is 1.03 bits per heavy atom. The Bertz CT molecular complexity index is 850. The fourth-order valence-corrected chi connectivity index (χ4v) is 6.64. The van der Waals surface area contributed by atoms with E-state index in [9.17, 15) is 9.59 Å². The van der Waals surface area contributed by atoms with Gasteiger partial charge in [0.05, 0.1) is 7.11 Å². The van der Waals surface area contributed by atoms with Crippen LogP contribution >= 0.6 is 0 Å². The summed E-state index contributed by atoms with van der Waals surface area (Å²) in [5.41, 5.74) is 2.48. The Morgan fingerprint density at radius 2 is 1.68 bits per heavy atom. The maximum absolute atomic E-state index is 12.8. The van der Waals surface area contributed by atoms with Gasteiger partial charge in [-0.25, -0.2) is 9.59 Å². The lowest BCUT2D eigenvalue weighted by molar-refractivity contribution is 0.0330. The van der Waals surface area contributed by atoms with Gasteiger partial charge in [-0.3, -0.25) is 4.90 Å². The first-order valence-corrected chi connectivity index (χ1v) is 11.6. The largest absolute Gasteiger partial charge is 0.453 e. The summed E-state index contributed by atoms with van der Waals surface area (Å²) in [6.45, 7) is 2.89. The van der Waals surface area contributed by atoms with Crippen molar-refractivity contribution in [3.8, 4) is 0 Å². The van der Waals surface area contributed by atoms with Crippen molar-refractivity contribution in [2.45, 2.75) is 62.1 Å². The fourth-order valence-electron chi connectivity index (χ4n) is 6.64. The summed E-state index contributed by atoms with van der Waals surface area (Å²) >= 11 is 0. The molecule has 2 unspecified atom stereocenters. The minimum atomic E-state index is -0.156. The maximum Gasteiger partial charge on any atom is 0.409 e. The number of anilines is 1. The van der Waals surface area contributed by atoms with E-state index in [1.54, 1.807) is 4.90 Å². The number of hydrogen-bond donors (Lipinski definition) is 0. The van der Waals surface area contributed by atoms with Gasteiger partial charge in [0.2, 0.25) is 0 Å². The number of likely N-dealkylation sites (tertiary alicyclic amines) is 1. The molecule has 3 amide bonds. The van der Waals surface area contributed by atoms with Crippen molar-refractivity contribution in [3.05, 3.63) is 29.8 Å². The van der Waals surface area contributed by atoms with Gasteiger partial charge in [-0.05, 0) is 63.2 Å². The van der Waals surface area contributed by atoms with Gasteiger partial charge < -0.3 is 19.4 Å². The van der Waals surface area contributed by atoms with Crippen LogP contribution in [0.5, 0.6) is 0 Å². The molecule has 1 aromatic carbocycles. The predicted molar refractivity (Wildman–Crippen MR) is 119 cm³/mol. The fraction of sp³-hybridized carbons (Fsp3) is 0.667. The third kappa shape index (κ3) is 3.28. The maximum atomic E-state index is 12.8. The molecule has 2 atom stereocenters. The highest BCUT2D eigenvalue weighted by Gasteiger charge is 2.49. The van der Waals surface area contributed by atoms with Crippen molar-refractivity contribution in [2.75, 3.05) is 45.7 Å². The summed E-state index contributed by atoms with van der Waals surface area (Å²) in [4.78, 5) is 33.3. The lowest BCUT2D eigenvalue weighted by Crippen LogP contribution is -2.55. The van der Waals surface area contributed by atoms with Crippen LogP contribution in [0.4, 0.5) is 15.3 Å². The Balaban J connectivity index is 1.29. The Labute approximate surface area is 184 Å². The van der Waals surface area contributed by atoms with E-state index in [0.717, 1.165) is 63.8 Å². The molecule has 4 aliphatic heterocycles. The monoisotopic (exact) mass is 426 g/mol. The van der Waals surface area contributed by atoms with E-state index in [0.29, 0.717) is 18.1 Å². The highest BCUT2D eigenvalue weighted by molar-refractivity contribution is 5.95. The molecule has 4 aliphatic rings. The number of nitrogens with zero attached hydrogens (tertiary/aromatic N) is 4. The van der Waals surface area contributed by atoms with Crippen molar-refractivity contribution >= 4 is 17.8 Å². The second-order valence-electron chi connectivity index (χ2n) is 9.98. The third-order valence-electron chi connectivity index (χ3n) is 8.21. The standard InChI is InChI=1S/C24H34N4O3/c1-25(2)22(29)27-16-24(20-6-4-5-7-21(20)27)10-12-26(13-11-24)19-14-17-8-9-18(15-19)28(17)23(30)31-3/h4-7,17-19H,8-16H2,1-3H3. The molecular weight excluding hydrogens is 392 g/mol. The summed E-state index contributed by atoms with van der Waals surface area (Å²) in [6.07, 6.45) is 6.31. The van der Waals surface area contributed by atoms with Crippen LogP contribution in [0.3, 0.4) is 0 Å². The van der Waals surface area contributed by atoms with E-state index < -0.39 is 0 Å². The predicted octanol–water partition coefficient (Wildman–Crippen LogP) is 3.28. The Hall–Kier alpha value is -2.28. The molecule has 5 rings (SSSR count). The van der Waals surface area contributed by atoms with Crippen molar-refractivity contribution in [3.63, 3.8) is 0 Å². The average Bonchev–Trinajstić information content (AvgIpc) is 3.24. The van der Waals surface area contributed by atoms with Crippen LogP contribution in [-0.2, 0) is 10.2 Å². The lowest BCUT2D eigenvalue weighted by Gasteiger charge is -2.47. The summed E-state index contributed by atoms with van der Waals surface area (Å²) < 4.78 is 5.03. The van der Waals surface area contributed by atoms with Crippen LogP contribution in [-0.4, -0.2) is 85.8 Å². The first kappa shape index (κ1) is 20.6. The molecule has 0 N–H and O–H groups in total. The van der Waals surface area contributed by atoms with Crippen LogP contribution in [0.2, 0.25) is 0 Å². The van der Waals surface area contributed by atoms with Gasteiger partial charge in [-0.15, -0.1) is 0 Å². The number of carbonyl (C=O) groups excluding carboxylic acids is 2. The van der Waals surface area contributed by atoms with Crippen LogP contribution in [0.1, 0.15) is 44.1 Å². The number of carbonyl (C=O) groups is 2. The summed E-state index contributed by atoms with van der Waals surface area (Å²) in [6, 6.07) is 9.73. The normalized spacial score (nSPS) is 29.2. The van der Waals surface area contributed by atoms with Crippen molar-refractivity contribution in [1.29, 1.82) is 0 Å². The molecule has 1 spiro atoms. The zero-order valence-corrected chi connectivity index (χ0v) is 18.9. The van der Waals surface area contributed by atoms with Crippen LogP contribution in [0.25, 0.3) is 0 Å². The number of methoxy groups -OCH3 is 1. The van der Waals surface area contributed by atoms with Crippen LogP contribution in [0, 0.1) is 0 Å². The molecule has 0 aromatic heterocycles. The van der Waals surface area contributed by atoms with Gasteiger partial charge in [-0.1, -0.05) is 18.2 Å². The van der Waals surface area contributed by atoms with E-state index in [1.807, 2.05) is 30.0 Å². The van der Waals surface area contributed by atoms with Gasteiger partial charge in [0.15, 0.2) is 0 Å². The topological polar surface area (TPSA) is 56.3 Å². The smallest absolute Gasteiger partial charge is 0.409 e. The van der Waals surface area contributed by atoms with E-state index in [4.69, 9.17) is 4.74 Å². The molecule has 0 saturated carbocycles. The number of rotatable bonds is 1. The number of ether oxygens (including phenoxy) is 1. The minimum absolute atomic E-state index is 0.0600. The Kier molecular flexibility index (Phi) is 5.12. The zero-order valence-electron chi connectivity index (χ0n) is 18.9. The molecule has 0 radical (unpaired) electrons. The molecule has 168 valence electrons. The second kappa shape index (κ2) is 7.69. The summed E-state index contributed by atoms with van der Waals surface area (Å²) in [7, 11) is 5.14. The van der Waals surface area contributed by atoms with Crippen LogP contribution < -0.4 is 4.90 Å². The highest BCUT2D eigenvalue weighted by Crippen LogP contribution is 2.48. The van der Waals surface area contributed by atoms with Gasteiger partial charge in [0.1, 0.15) is 0 Å². The number of benzene rings is 1. The minimum Gasteiger partial charge on any atom is -0.453 e. The average molecular weight is 427 g/mol. The quantitative estimate of drug-likeness (QED) is 0.692. The zero-order chi connectivity index (χ0) is 21.8. The number of amides is 3. The first-order chi connectivity index (χ1) is 14.9. The van der Waals surface area contributed by atoms with E-state index >= 15 is 0 Å². The lowest BCUT2D eigenvalue weighted by atomic mass is 9.73. The van der Waals surface area contributed by atoms with Crippen molar-refractivity contribution in [1.82, 2.24) is 14.7 Å². The molecule has 0 aliphatic carbocycles. The molecule has 2 bridgehead atoms. The molecule has 1 aromatic rings. The molecule has 3 fully saturated rings. The van der Waals surface area contributed by atoms with Gasteiger partial charge >= 0.3 is 12.1 Å². The van der Waals surface area contributed by atoms with Gasteiger partial charge in [-0.2, -0.15) is 0 Å². The van der Waals surface area contributed by atoms with Gasteiger partial charge in [0, 0.05) is 49.9 Å². The third-order valence-corrected chi connectivity index (χ3v) is 8.21. The molecule has 31 heavy (non-hydrogen) atoms. The highest BCUT2D eigenvalue weighted by atomic mass is 16.5. The van der Waals surface area contributed by atoms with Crippen molar-refractivity contribution < 1.29 is 14.3 Å². The molecule has 7 heteroatoms. The molecular formula is C24H34N4O3. The van der Waals surface area contributed by atoms with Crippen LogP contribution in [0.15, 0.2) is 24.3 Å². The number of urea groups is 1. The number of fused-ring (bicyclic) bond motifs is 4. The summed E-state index contributed by atoms with van der Waals surface area (Å²) in [5.74, 6) is 0. The van der Waals surface area contributed by atoms with Crippen molar-refractivity contribution in [2.24, 2.45) is 0 Å². The SMILES string of the molecule is COC(=O)N1C2CCC1CC(N1CCC3(CC1)CN(C(=O)N(C)C)c1ccccc13)C2. The molecule has 7 nitrogen and oxygen atoms in total. The molecule has 4 heterocycles. The van der Waals surface area contributed by atoms with E-state index in [2.05, 4.69) is 23.1 Å². The number of para-hydroxylation sites is 1. The first-order valence-electron chi connectivity index (χ1n) is 11.6. The number of hydrogen-bond acceptors (Lipinski definition) is 4. The van der Waals surface area contributed by atoms with E-state index in [-0.39, 0.29) is 17.5 Å². The summed E-state index contributed by atoms with van der Waals surface area (Å²) in [5, 5.41) is 0. The molecule has 3 saturated heterocycles. The Morgan fingerprint density at radius 3 is 2.29 bits per heavy atom.